The Morgan fingerprint density at radius 2 is 0.417 bits per heavy atom. The van der Waals surface area contributed by atoms with Crippen LogP contribution in [0.2, 0.25) is 0 Å². The molecule has 115 heavy (non-hydrogen) atoms. The molecule has 6 heteroatoms. The summed E-state index contributed by atoms with van der Waals surface area (Å²) in [7, 11) is 6.44. The molecular formula is C109H90N6. The zero-order valence-corrected chi connectivity index (χ0v) is 65.5. The van der Waals surface area contributed by atoms with Gasteiger partial charge < -0.3 is 29.4 Å². The van der Waals surface area contributed by atoms with E-state index in [1.807, 2.05) is 0 Å². The second kappa shape index (κ2) is 32.8. The van der Waals surface area contributed by atoms with Crippen LogP contribution in [-0.2, 0) is 10.8 Å². The number of rotatable bonds is 18. The van der Waals surface area contributed by atoms with Crippen LogP contribution in [0.3, 0.4) is 0 Å². The SMILES string of the molecule is CN(c1ccc(N(c2ccccc2)c2ccccc2)cc1)c1ccc2c(c1)C(C)(C)c1ccccc1-2.CN(c1ccc(N(c2ccccc2)c2ccccc2)cc1)c1ccc2c(c1)C(c1ccccc1)(c1ccccc1)c1ccccc1-2.CN(c1ccc(N(c2ccccc2)c2ccccc2)cc1)c1ccccc1-c1ccccc1. The molecule has 0 amide bonds. The van der Waals surface area contributed by atoms with Crippen LogP contribution in [0.25, 0.3) is 33.4 Å². The zero-order valence-electron chi connectivity index (χ0n) is 65.5. The molecule has 2 aliphatic carbocycles. The van der Waals surface area contributed by atoms with Gasteiger partial charge in [-0.1, -0.05) is 293 Å². The fourth-order valence-corrected chi connectivity index (χ4v) is 16.9. The van der Waals surface area contributed by atoms with E-state index in [0.29, 0.717) is 0 Å². The van der Waals surface area contributed by atoms with Crippen LogP contribution in [0.1, 0.15) is 47.2 Å². The number of nitrogens with zero attached hydrogens (tertiary/aromatic N) is 6. The van der Waals surface area contributed by atoms with Crippen molar-refractivity contribution in [1.82, 2.24) is 0 Å². The van der Waals surface area contributed by atoms with Crippen molar-refractivity contribution in [3.05, 3.63) is 488 Å². The van der Waals surface area contributed by atoms with Gasteiger partial charge in [0.2, 0.25) is 0 Å². The Hall–Kier alpha value is -14.5. The van der Waals surface area contributed by atoms with Crippen molar-refractivity contribution in [2.45, 2.75) is 24.7 Å². The molecule has 0 aromatic heterocycles. The molecule has 0 unspecified atom stereocenters. The Morgan fingerprint density at radius 3 is 0.791 bits per heavy atom. The third-order valence-corrected chi connectivity index (χ3v) is 22.7. The van der Waals surface area contributed by atoms with Gasteiger partial charge in [0.05, 0.1) is 5.41 Å². The van der Waals surface area contributed by atoms with Gasteiger partial charge in [-0.25, -0.2) is 0 Å². The molecule has 17 aromatic carbocycles. The van der Waals surface area contributed by atoms with Crippen LogP contribution in [0.4, 0.5) is 85.3 Å². The largest absolute Gasteiger partial charge is 0.345 e. The lowest BCUT2D eigenvalue weighted by molar-refractivity contribution is 0.660. The quantitative estimate of drug-likeness (QED) is 0.0847. The first-order valence-corrected chi connectivity index (χ1v) is 39.6. The van der Waals surface area contributed by atoms with Crippen LogP contribution >= 0.6 is 0 Å². The molecule has 0 bridgehead atoms. The fourth-order valence-electron chi connectivity index (χ4n) is 16.9. The lowest BCUT2D eigenvalue weighted by Crippen LogP contribution is -2.28. The van der Waals surface area contributed by atoms with Crippen LogP contribution in [-0.4, -0.2) is 21.1 Å². The van der Waals surface area contributed by atoms with Crippen LogP contribution < -0.4 is 29.4 Å². The smallest absolute Gasteiger partial charge is 0.0714 e. The summed E-state index contributed by atoms with van der Waals surface area (Å²) in [6.45, 7) is 4.66. The van der Waals surface area contributed by atoms with E-state index in [4.69, 9.17) is 0 Å². The summed E-state index contributed by atoms with van der Waals surface area (Å²) in [4.78, 5) is 13.7. The third-order valence-electron chi connectivity index (χ3n) is 22.7. The molecule has 2 aliphatic rings. The van der Waals surface area contributed by atoms with Gasteiger partial charge in [-0.2, -0.15) is 0 Å². The van der Waals surface area contributed by atoms with Crippen molar-refractivity contribution in [3.8, 4) is 33.4 Å². The minimum Gasteiger partial charge on any atom is -0.345 e. The van der Waals surface area contributed by atoms with E-state index in [1.165, 1.54) is 78.1 Å². The highest BCUT2D eigenvalue weighted by atomic mass is 15.2. The Labute approximate surface area is 677 Å². The highest BCUT2D eigenvalue weighted by Crippen LogP contribution is 2.57. The van der Waals surface area contributed by atoms with Crippen molar-refractivity contribution in [2.75, 3.05) is 50.5 Å². The van der Waals surface area contributed by atoms with Gasteiger partial charge in [-0.05, 0) is 237 Å². The lowest BCUT2D eigenvalue weighted by Gasteiger charge is -2.34. The average Bonchev–Trinajstić information content (AvgIpc) is 1.52. The van der Waals surface area contributed by atoms with Gasteiger partial charge >= 0.3 is 0 Å². The average molecular weight is 1480 g/mol. The number of benzene rings is 17. The predicted molar refractivity (Wildman–Crippen MR) is 487 cm³/mol. The van der Waals surface area contributed by atoms with Crippen molar-refractivity contribution in [2.24, 2.45) is 0 Å². The van der Waals surface area contributed by atoms with Crippen LogP contribution in [0.15, 0.2) is 455 Å². The maximum Gasteiger partial charge on any atom is 0.0714 e. The molecule has 0 aliphatic heterocycles. The molecule has 0 heterocycles. The molecule has 556 valence electrons. The minimum absolute atomic E-state index is 0.00149. The molecule has 19 rings (SSSR count). The number of para-hydroxylation sites is 7. The van der Waals surface area contributed by atoms with E-state index in [2.05, 4.69) is 519 Å². The standard InChI is InChI=1S/C44H34N2.C34H30N2.C31H26N2/c1-45(35-26-28-38(29-27-35)46(36-20-10-4-11-21-36)37-22-12-5-13-23-37)39-30-31-41-40-24-14-15-25-42(40)44(43(41)32-39,33-16-6-2-7-17-33)34-18-8-3-9-19-34;1-34(2)32-17-11-10-16-30(32)31-23-22-29(24-33(31)34)35(3)25-18-20-28(21-19-25)36(26-12-6-4-7-13-26)27-14-8-5-9-15-27;1-32(31-20-12-11-19-30(31)25-13-5-2-6-14-25)26-21-23-29(24-22-26)33(27-15-7-3-8-16-27)28-17-9-4-10-18-28/h2-32H,1H3;4-24H,1-3H3;2-24H,1H3. The number of anilines is 15. The Kier molecular flexibility index (Phi) is 20.9. The molecule has 0 N–H and O–H groups in total. The summed E-state index contributed by atoms with van der Waals surface area (Å²) in [5, 5.41) is 0. The summed E-state index contributed by atoms with van der Waals surface area (Å²) in [5.74, 6) is 0. The first-order valence-electron chi connectivity index (χ1n) is 39.6. The number of hydrogen-bond acceptors (Lipinski definition) is 6. The molecular weight excluding hydrogens is 1390 g/mol. The van der Waals surface area contributed by atoms with Crippen molar-refractivity contribution in [1.29, 1.82) is 0 Å². The second-order valence-electron chi connectivity index (χ2n) is 29.8. The fraction of sp³-hybridized carbons (Fsp3) is 0.0642. The molecule has 0 atom stereocenters. The number of hydrogen-bond donors (Lipinski definition) is 0. The molecule has 0 spiro atoms. The van der Waals surface area contributed by atoms with E-state index in [1.54, 1.807) is 0 Å². The summed E-state index contributed by atoms with van der Waals surface area (Å²) in [6.07, 6.45) is 0. The van der Waals surface area contributed by atoms with Gasteiger partial charge in [0, 0.05) is 117 Å². The van der Waals surface area contributed by atoms with Crippen LogP contribution in [0, 0.1) is 0 Å². The van der Waals surface area contributed by atoms with Gasteiger partial charge in [0.25, 0.3) is 0 Å². The molecule has 0 radical (unpaired) electrons. The van der Waals surface area contributed by atoms with Crippen molar-refractivity contribution in [3.63, 3.8) is 0 Å². The molecule has 0 saturated heterocycles. The van der Waals surface area contributed by atoms with Crippen molar-refractivity contribution < 1.29 is 0 Å². The topological polar surface area (TPSA) is 19.4 Å². The van der Waals surface area contributed by atoms with Gasteiger partial charge in [0.15, 0.2) is 0 Å². The minimum atomic E-state index is -0.416. The normalized spacial score (nSPS) is 12.2. The van der Waals surface area contributed by atoms with E-state index in [9.17, 15) is 0 Å². The molecule has 0 fully saturated rings. The first kappa shape index (κ1) is 73.3. The van der Waals surface area contributed by atoms with E-state index < -0.39 is 5.41 Å². The lowest BCUT2D eigenvalue weighted by atomic mass is 9.67. The Morgan fingerprint density at radius 1 is 0.174 bits per heavy atom. The van der Waals surface area contributed by atoms with Gasteiger partial charge in [-0.3, -0.25) is 0 Å². The second-order valence-corrected chi connectivity index (χ2v) is 29.8. The highest BCUT2D eigenvalue weighted by molar-refractivity contribution is 5.90. The van der Waals surface area contributed by atoms with Gasteiger partial charge in [-0.15, -0.1) is 0 Å². The van der Waals surface area contributed by atoms with Crippen molar-refractivity contribution >= 4 is 85.3 Å². The van der Waals surface area contributed by atoms with Crippen LogP contribution in [0.5, 0.6) is 0 Å². The molecule has 6 nitrogen and oxygen atoms in total. The van der Waals surface area contributed by atoms with E-state index in [-0.39, 0.29) is 5.41 Å². The molecule has 17 aromatic rings. The summed E-state index contributed by atoms with van der Waals surface area (Å²) < 4.78 is 0. The monoisotopic (exact) mass is 1480 g/mol. The van der Waals surface area contributed by atoms with Gasteiger partial charge in [0.1, 0.15) is 0 Å². The maximum absolute atomic E-state index is 2.41. The molecule has 0 saturated carbocycles. The zero-order chi connectivity index (χ0) is 78.1. The summed E-state index contributed by atoms with van der Waals surface area (Å²) >= 11 is 0. The Balaban J connectivity index is 0.000000127. The van der Waals surface area contributed by atoms with E-state index >= 15 is 0 Å². The summed E-state index contributed by atoms with van der Waals surface area (Å²) in [5.41, 5.74) is 32.5. The highest BCUT2D eigenvalue weighted by Gasteiger charge is 2.46. The van der Waals surface area contributed by atoms with E-state index in [0.717, 1.165) is 73.9 Å². The number of fused-ring (bicyclic) bond motifs is 6. The maximum atomic E-state index is 2.41. The Bertz CT molecular complexity index is 5920. The summed E-state index contributed by atoms with van der Waals surface area (Å²) in [6, 6.07) is 162. The first-order chi connectivity index (χ1) is 56.6. The third kappa shape index (κ3) is 14.6. The predicted octanol–water partition coefficient (Wildman–Crippen LogP) is 29.1.